The number of ether oxygens (including phenoxy) is 2. The predicted molar refractivity (Wildman–Crippen MR) is 84.0 cm³/mol. The van der Waals surface area contributed by atoms with Crippen LogP contribution in [-0.4, -0.2) is 25.2 Å². The van der Waals surface area contributed by atoms with Crippen LogP contribution >= 0.6 is 0 Å². The lowest BCUT2D eigenvalue weighted by molar-refractivity contribution is -0.141. The highest BCUT2D eigenvalue weighted by Gasteiger charge is 2.08. The van der Waals surface area contributed by atoms with Gasteiger partial charge in [-0.2, -0.15) is 0 Å². The molecule has 0 aromatic heterocycles. The Morgan fingerprint density at radius 3 is 1.86 bits per heavy atom. The first-order valence-electron chi connectivity index (χ1n) is 8.14. The Hall–Kier alpha value is -1.32. The lowest BCUT2D eigenvalue weighted by Crippen LogP contribution is -2.10. The van der Waals surface area contributed by atoms with Gasteiger partial charge in [0.25, 0.3) is 0 Å². The normalized spacial score (nSPS) is 11.3. The Morgan fingerprint density at radius 2 is 1.33 bits per heavy atom. The molecule has 0 aromatic carbocycles. The second-order valence-corrected chi connectivity index (χ2v) is 5.25. The van der Waals surface area contributed by atoms with Crippen molar-refractivity contribution in [3.8, 4) is 0 Å². The van der Waals surface area contributed by atoms with Gasteiger partial charge < -0.3 is 9.47 Å². The highest BCUT2D eigenvalue weighted by Crippen LogP contribution is 2.03. The molecule has 0 N–H and O–H groups in total. The third-order valence-corrected chi connectivity index (χ3v) is 3.13. The number of hydrogen-bond acceptors (Lipinski definition) is 4. The highest BCUT2D eigenvalue weighted by atomic mass is 16.5. The standard InChI is InChI=1S/C17H30O4/c1-4-6-8-10-12-20-16(18)14-15(3)17(19)21-13-11-9-7-5-2/h14H,4-13H2,1-3H3/b15-14-. The molecule has 0 fully saturated rings. The Kier molecular flexibility index (Phi) is 12.8. The summed E-state index contributed by atoms with van der Waals surface area (Å²) in [7, 11) is 0. The van der Waals surface area contributed by atoms with Crippen LogP contribution in [0.15, 0.2) is 11.6 Å². The summed E-state index contributed by atoms with van der Waals surface area (Å²) in [5, 5.41) is 0. The first kappa shape index (κ1) is 19.7. The van der Waals surface area contributed by atoms with Crippen LogP contribution in [0.5, 0.6) is 0 Å². The maximum absolute atomic E-state index is 11.6. The predicted octanol–water partition coefficient (Wildman–Crippen LogP) is 4.18. The highest BCUT2D eigenvalue weighted by molar-refractivity contribution is 5.95. The van der Waals surface area contributed by atoms with Crippen LogP contribution in [-0.2, 0) is 19.1 Å². The third-order valence-electron chi connectivity index (χ3n) is 3.13. The summed E-state index contributed by atoms with van der Waals surface area (Å²) >= 11 is 0. The fraction of sp³-hybridized carbons (Fsp3) is 0.765. The van der Waals surface area contributed by atoms with Crippen molar-refractivity contribution >= 4 is 11.9 Å². The minimum absolute atomic E-state index is 0.295. The van der Waals surface area contributed by atoms with Gasteiger partial charge in [-0.05, 0) is 19.8 Å². The summed E-state index contributed by atoms with van der Waals surface area (Å²) in [5.74, 6) is -0.902. The van der Waals surface area contributed by atoms with Crippen LogP contribution in [0.2, 0.25) is 0 Å². The van der Waals surface area contributed by atoms with Crippen LogP contribution in [0.3, 0.4) is 0 Å². The molecule has 0 amide bonds. The fourth-order valence-corrected chi connectivity index (χ4v) is 1.79. The van der Waals surface area contributed by atoms with Gasteiger partial charge in [-0.15, -0.1) is 0 Å². The molecule has 4 heteroatoms. The molecule has 0 spiro atoms. The van der Waals surface area contributed by atoms with Crippen molar-refractivity contribution < 1.29 is 19.1 Å². The molecular weight excluding hydrogens is 268 g/mol. The minimum atomic E-state index is -0.466. The van der Waals surface area contributed by atoms with Crippen molar-refractivity contribution in [3.05, 3.63) is 11.6 Å². The summed E-state index contributed by atoms with van der Waals surface area (Å²) in [6, 6.07) is 0. The Labute approximate surface area is 128 Å². The quantitative estimate of drug-likeness (QED) is 0.308. The van der Waals surface area contributed by atoms with E-state index in [2.05, 4.69) is 13.8 Å². The van der Waals surface area contributed by atoms with Gasteiger partial charge in [-0.1, -0.05) is 52.4 Å². The van der Waals surface area contributed by atoms with Crippen LogP contribution < -0.4 is 0 Å². The van der Waals surface area contributed by atoms with E-state index in [0.717, 1.165) is 51.4 Å². The maximum Gasteiger partial charge on any atom is 0.333 e. The van der Waals surface area contributed by atoms with Gasteiger partial charge in [-0.3, -0.25) is 0 Å². The first-order chi connectivity index (χ1) is 10.1. The molecule has 122 valence electrons. The fourth-order valence-electron chi connectivity index (χ4n) is 1.79. The molecule has 0 aliphatic heterocycles. The van der Waals surface area contributed by atoms with E-state index in [1.807, 2.05) is 0 Å². The van der Waals surface area contributed by atoms with Crippen molar-refractivity contribution in [1.82, 2.24) is 0 Å². The minimum Gasteiger partial charge on any atom is -0.463 e. The summed E-state index contributed by atoms with van der Waals surface area (Å²) in [6.45, 7) is 6.66. The molecule has 0 heterocycles. The van der Waals surface area contributed by atoms with Gasteiger partial charge in [0.1, 0.15) is 0 Å². The number of esters is 2. The van der Waals surface area contributed by atoms with Crippen molar-refractivity contribution in [2.45, 2.75) is 72.1 Å². The van der Waals surface area contributed by atoms with Crippen molar-refractivity contribution in [3.63, 3.8) is 0 Å². The summed E-state index contributed by atoms with van der Waals surface area (Å²) in [5.41, 5.74) is 0.295. The van der Waals surface area contributed by atoms with Crippen LogP contribution in [0.25, 0.3) is 0 Å². The molecule has 0 rings (SSSR count). The number of unbranched alkanes of at least 4 members (excludes halogenated alkanes) is 6. The van der Waals surface area contributed by atoms with E-state index in [9.17, 15) is 9.59 Å². The molecule has 0 saturated carbocycles. The van der Waals surface area contributed by atoms with Crippen LogP contribution in [0.1, 0.15) is 72.1 Å². The van der Waals surface area contributed by atoms with E-state index in [0.29, 0.717) is 18.8 Å². The molecule has 21 heavy (non-hydrogen) atoms. The zero-order chi connectivity index (χ0) is 15.9. The number of hydrogen-bond donors (Lipinski definition) is 0. The lowest BCUT2D eigenvalue weighted by atomic mass is 10.2. The molecule has 0 aromatic rings. The topological polar surface area (TPSA) is 52.6 Å². The van der Waals surface area contributed by atoms with E-state index < -0.39 is 11.9 Å². The van der Waals surface area contributed by atoms with Crippen LogP contribution in [0, 0.1) is 0 Å². The van der Waals surface area contributed by atoms with Crippen LogP contribution in [0.4, 0.5) is 0 Å². The number of carbonyl (C=O) groups is 2. The van der Waals surface area contributed by atoms with Crippen molar-refractivity contribution in [1.29, 1.82) is 0 Å². The van der Waals surface area contributed by atoms with E-state index in [-0.39, 0.29) is 0 Å². The van der Waals surface area contributed by atoms with Gasteiger partial charge in [-0.25, -0.2) is 9.59 Å². The Morgan fingerprint density at radius 1 is 0.810 bits per heavy atom. The molecule has 4 nitrogen and oxygen atoms in total. The molecule has 0 aliphatic carbocycles. The second kappa shape index (κ2) is 13.7. The summed E-state index contributed by atoms with van der Waals surface area (Å²) in [6.07, 6.45) is 9.68. The van der Waals surface area contributed by atoms with Gasteiger partial charge in [0.2, 0.25) is 0 Å². The monoisotopic (exact) mass is 298 g/mol. The van der Waals surface area contributed by atoms with Crippen molar-refractivity contribution in [2.75, 3.05) is 13.2 Å². The molecule has 0 radical (unpaired) electrons. The average molecular weight is 298 g/mol. The van der Waals surface area contributed by atoms with E-state index >= 15 is 0 Å². The SMILES string of the molecule is CCCCCCOC(=O)/C=C(/C)C(=O)OCCCCCC. The largest absolute Gasteiger partial charge is 0.463 e. The Bertz CT molecular complexity index is 321. The molecule has 0 bridgehead atoms. The Balaban J connectivity index is 3.81. The summed E-state index contributed by atoms with van der Waals surface area (Å²) in [4.78, 5) is 23.1. The molecule has 0 aliphatic rings. The van der Waals surface area contributed by atoms with E-state index in [4.69, 9.17) is 9.47 Å². The van der Waals surface area contributed by atoms with Crippen molar-refractivity contribution in [2.24, 2.45) is 0 Å². The molecule has 0 unspecified atom stereocenters. The summed E-state index contributed by atoms with van der Waals surface area (Å²) < 4.78 is 10.1. The van der Waals surface area contributed by atoms with Gasteiger partial charge >= 0.3 is 11.9 Å². The zero-order valence-corrected chi connectivity index (χ0v) is 13.8. The molecule has 0 atom stereocenters. The lowest BCUT2D eigenvalue weighted by Gasteiger charge is -2.05. The third kappa shape index (κ3) is 12.2. The van der Waals surface area contributed by atoms with Gasteiger partial charge in [0.15, 0.2) is 0 Å². The maximum atomic E-state index is 11.6. The number of rotatable bonds is 12. The smallest absolute Gasteiger partial charge is 0.333 e. The zero-order valence-electron chi connectivity index (χ0n) is 13.8. The van der Waals surface area contributed by atoms with E-state index in [1.165, 1.54) is 6.08 Å². The molecular formula is C17H30O4. The molecule has 0 saturated heterocycles. The van der Waals surface area contributed by atoms with E-state index in [1.54, 1.807) is 6.92 Å². The van der Waals surface area contributed by atoms with Gasteiger partial charge in [0.05, 0.1) is 13.2 Å². The first-order valence-corrected chi connectivity index (χ1v) is 8.14. The second-order valence-electron chi connectivity index (χ2n) is 5.25. The van der Waals surface area contributed by atoms with Gasteiger partial charge in [0, 0.05) is 11.6 Å². The number of carbonyl (C=O) groups excluding carboxylic acids is 2. The average Bonchev–Trinajstić information content (AvgIpc) is 2.46.